The molecule has 0 amide bonds. The van der Waals surface area contributed by atoms with Crippen LogP contribution >= 0.6 is 0 Å². The number of benzene rings is 1. The highest BCUT2D eigenvalue weighted by Gasteiger charge is 2.31. The second-order valence-electron chi connectivity index (χ2n) is 5.15. The first-order valence-electron chi connectivity index (χ1n) is 6.76. The Kier molecular flexibility index (Phi) is 4.43. The maximum atomic E-state index is 11.0. The molecule has 0 radical (unpaired) electrons. The van der Waals surface area contributed by atoms with E-state index in [4.69, 9.17) is 5.73 Å². The standard InChI is InChI=1S/C15H21NO3/c1-19-14(18)8-3-2-6-11-12(16)9-10-5-4-7-13(17)15(10)11/h4-5,7,11-12,17H,2-3,6,8-9,16H2,1H3. The molecule has 3 N–H and O–H groups in total. The van der Waals surface area contributed by atoms with Crippen molar-refractivity contribution in [3.8, 4) is 5.75 Å². The first kappa shape index (κ1) is 13.9. The zero-order chi connectivity index (χ0) is 13.8. The van der Waals surface area contributed by atoms with Crippen molar-refractivity contribution in [1.82, 2.24) is 0 Å². The summed E-state index contributed by atoms with van der Waals surface area (Å²) >= 11 is 0. The van der Waals surface area contributed by atoms with Crippen molar-refractivity contribution in [2.24, 2.45) is 5.73 Å². The minimum Gasteiger partial charge on any atom is -0.508 e. The molecular formula is C15H21NO3. The Balaban J connectivity index is 1.93. The Bertz CT molecular complexity index is 459. The molecule has 0 fully saturated rings. The number of carbonyl (C=O) groups excluding carboxylic acids is 1. The average molecular weight is 263 g/mol. The normalized spacial score (nSPS) is 21.2. The van der Waals surface area contributed by atoms with E-state index in [1.54, 1.807) is 6.07 Å². The Hall–Kier alpha value is -1.55. The Morgan fingerprint density at radius 3 is 3.00 bits per heavy atom. The predicted octanol–water partition coefficient (Wildman–Crippen LogP) is 2.09. The lowest BCUT2D eigenvalue weighted by atomic mass is 9.92. The van der Waals surface area contributed by atoms with Crippen molar-refractivity contribution in [2.75, 3.05) is 7.11 Å². The molecule has 1 aliphatic rings. The zero-order valence-electron chi connectivity index (χ0n) is 11.3. The van der Waals surface area contributed by atoms with Gasteiger partial charge in [-0.2, -0.15) is 0 Å². The van der Waals surface area contributed by atoms with E-state index in [9.17, 15) is 9.90 Å². The van der Waals surface area contributed by atoms with E-state index < -0.39 is 0 Å². The molecule has 0 aliphatic heterocycles. The maximum Gasteiger partial charge on any atom is 0.305 e. The zero-order valence-corrected chi connectivity index (χ0v) is 11.3. The van der Waals surface area contributed by atoms with Crippen LogP contribution < -0.4 is 5.73 Å². The molecule has 4 nitrogen and oxygen atoms in total. The molecule has 1 aromatic carbocycles. The monoisotopic (exact) mass is 263 g/mol. The third-order valence-electron chi connectivity index (χ3n) is 3.89. The highest BCUT2D eigenvalue weighted by molar-refractivity contribution is 5.68. The van der Waals surface area contributed by atoms with Gasteiger partial charge in [-0.25, -0.2) is 0 Å². The maximum absolute atomic E-state index is 11.0. The van der Waals surface area contributed by atoms with Crippen LogP contribution in [0.2, 0.25) is 0 Å². The van der Waals surface area contributed by atoms with Crippen LogP contribution in [0.4, 0.5) is 0 Å². The molecule has 1 aliphatic carbocycles. The van der Waals surface area contributed by atoms with Gasteiger partial charge < -0.3 is 15.6 Å². The number of unbranched alkanes of at least 4 members (excludes halogenated alkanes) is 1. The first-order valence-corrected chi connectivity index (χ1v) is 6.76. The molecule has 0 saturated carbocycles. The van der Waals surface area contributed by atoms with Crippen molar-refractivity contribution in [2.45, 2.75) is 44.1 Å². The van der Waals surface area contributed by atoms with E-state index >= 15 is 0 Å². The molecule has 4 heteroatoms. The van der Waals surface area contributed by atoms with Gasteiger partial charge in [0.1, 0.15) is 5.75 Å². The fourth-order valence-electron chi connectivity index (χ4n) is 2.91. The number of fused-ring (bicyclic) bond motifs is 1. The first-order chi connectivity index (χ1) is 9.13. The van der Waals surface area contributed by atoms with Gasteiger partial charge in [0, 0.05) is 23.9 Å². The van der Waals surface area contributed by atoms with E-state index in [2.05, 4.69) is 4.74 Å². The number of rotatable bonds is 5. The summed E-state index contributed by atoms with van der Waals surface area (Å²) in [6, 6.07) is 5.68. The Morgan fingerprint density at radius 1 is 1.47 bits per heavy atom. The predicted molar refractivity (Wildman–Crippen MR) is 73.0 cm³/mol. The van der Waals surface area contributed by atoms with Crippen LogP contribution in [-0.2, 0) is 16.0 Å². The van der Waals surface area contributed by atoms with Crippen molar-refractivity contribution in [3.05, 3.63) is 29.3 Å². The largest absolute Gasteiger partial charge is 0.508 e. The van der Waals surface area contributed by atoms with Crippen molar-refractivity contribution in [1.29, 1.82) is 0 Å². The molecule has 104 valence electrons. The number of methoxy groups -OCH3 is 1. The fraction of sp³-hybridized carbons (Fsp3) is 0.533. The molecule has 2 rings (SSSR count). The molecule has 19 heavy (non-hydrogen) atoms. The van der Waals surface area contributed by atoms with E-state index in [1.807, 2.05) is 12.1 Å². The summed E-state index contributed by atoms with van der Waals surface area (Å²) in [5.74, 6) is 0.385. The van der Waals surface area contributed by atoms with E-state index in [1.165, 1.54) is 7.11 Å². The minimum atomic E-state index is -0.168. The third kappa shape index (κ3) is 3.07. The smallest absolute Gasteiger partial charge is 0.305 e. The number of phenols is 1. The summed E-state index contributed by atoms with van der Waals surface area (Å²) in [7, 11) is 1.41. The van der Waals surface area contributed by atoms with Crippen LogP contribution in [0, 0.1) is 0 Å². The molecule has 2 unspecified atom stereocenters. The van der Waals surface area contributed by atoms with Gasteiger partial charge in [-0.15, -0.1) is 0 Å². The molecule has 0 heterocycles. The van der Waals surface area contributed by atoms with E-state index in [-0.39, 0.29) is 17.9 Å². The summed E-state index contributed by atoms with van der Waals surface area (Å²) in [6.07, 6.45) is 3.90. The van der Waals surface area contributed by atoms with Crippen molar-refractivity contribution in [3.63, 3.8) is 0 Å². The summed E-state index contributed by atoms with van der Waals surface area (Å²) in [5, 5.41) is 9.97. The van der Waals surface area contributed by atoms with Crippen LogP contribution in [0.3, 0.4) is 0 Å². The van der Waals surface area contributed by atoms with Crippen LogP contribution in [0.25, 0.3) is 0 Å². The lowest BCUT2D eigenvalue weighted by Crippen LogP contribution is -2.25. The number of nitrogens with two attached hydrogens (primary N) is 1. The summed E-state index contributed by atoms with van der Waals surface area (Å²) in [4.78, 5) is 11.0. The van der Waals surface area contributed by atoms with Crippen molar-refractivity contribution >= 4 is 5.97 Å². The lowest BCUT2D eigenvalue weighted by Gasteiger charge is -2.17. The van der Waals surface area contributed by atoms with Gasteiger partial charge in [0.25, 0.3) is 0 Å². The number of ether oxygens (including phenoxy) is 1. The average Bonchev–Trinajstić information content (AvgIpc) is 2.72. The number of esters is 1. The lowest BCUT2D eigenvalue weighted by molar-refractivity contribution is -0.140. The molecule has 0 spiro atoms. The molecule has 1 aromatic rings. The minimum absolute atomic E-state index is 0.0708. The van der Waals surface area contributed by atoms with Gasteiger partial charge in [0.15, 0.2) is 0 Å². The summed E-state index contributed by atoms with van der Waals surface area (Å²) in [6.45, 7) is 0. The Labute approximate surface area is 113 Å². The number of aromatic hydroxyl groups is 1. The van der Waals surface area contributed by atoms with Gasteiger partial charge in [0.05, 0.1) is 7.11 Å². The molecule has 0 saturated heterocycles. The molecule has 0 bridgehead atoms. The van der Waals surface area contributed by atoms with Crippen LogP contribution in [0.15, 0.2) is 18.2 Å². The Morgan fingerprint density at radius 2 is 2.26 bits per heavy atom. The number of carbonyl (C=O) groups is 1. The summed E-state index contributed by atoms with van der Waals surface area (Å²) < 4.78 is 4.62. The highest BCUT2D eigenvalue weighted by Crippen LogP contribution is 2.40. The molecule has 0 aromatic heterocycles. The SMILES string of the molecule is COC(=O)CCCCC1c2c(O)cccc2CC1N. The van der Waals surface area contributed by atoms with Crippen LogP contribution in [0.1, 0.15) is 42.7 Å². The molecule has 2 atom stereocenters. The highest BCUT2D eigenvalue weighted by atomic mass is 16.5. The fourth-order valence-corrected chi connectivity index (χ4v) is 2.91. The summed E-state index contributed by atoms with van der Waals surface area (Å²) in [5.41, 5.74) is 8.33. The second kappa shape index (κ2) is 6.06. The van der Waals surface area contributed by atoms with E-state index in [0.717, 1.165) is 36.8 Å². The molecular weight excluding hydrogens is 242 g/mol. The third-order valence-corrected chi connectivity index (χ3v) is 3.89. The van der Waals surface area contributed by atoms with Gasteiger partial charge in [0.2, 0.25) is 0 Å². The van der Waals surface area contributed by atoms with Gasteiger partial charge >= 0.3 is 5.97 Å². The number of hydrogen-bond acceptors (Lipinski definition) is 4. The van der Waals surface area contributed by atoms with Gasteiger partial charge in [-0.05, 0) is 30.9 Å². The van der Waals surface area contributed by atoms with Gasteiger partial charge in [-0.1, -0.05) is 18.6 Å². The topological polar surface area (TPSA) is 72.5 Å². The number of hydrogen-bond donors (Lipinski definition) is 2. The van der Waals surface area contributed by atoms with Crippen LogP contribution in [0.5, 0.6) is 5.75 Å². The second-order valence-corrected chi connectivity index (χ2v) is 5.15. The van der Waals surface area contributed by atoms with Crippen molar-refractivity contribution < 1.29 is 14.6 Å². The quantitative estimate of drug-likeness (QED) is 0.630. The van der Waals surface area contributed by atoms with Crippen LogP contribution in [-0.4, -0.2) is 24.2 Å². The van der Waals surface area contributed by atoms with Gasteiger partial charge in [-0.3, -0.25) is 4.79 Å². The van der Waals surface area contributed by atoms with E-state index in [0.29, 0.717) is 12.2 Å². The number of phenolic OH excluding ortho intramolecular Hbond substituents is 1.